The van der Waals surface area contributed by atoms with E-state index in [2.05, 4.69) is 34.8 Å². The van der Waals surface area contributed by atoms with E-state index in [9.17, 15) is 4.79 Å². The van der Waals surface area contributed by atoms with Crippen LogP contribution < -0.4 is 5.32 Å². The van der Waals surface area contributed by atoms with Crippen molar-refractivity contribution in [1.82, 2.24) is 5.32 Å². The summed E-state index contributed by atoms with van der Waals surface area (Å²) in [6.07, 6.45) is 4.88. The molecule has 1 aliphatic rings. The first-order valence-corrected chi connectivity index (χ1v) is 6.10. The molecule has 0 aromatic heterocycles. The summed E-state index contributed by atoms with van der Waals surface area (Å²) >= 11 is 2.10. The van der Waals surface area contributed by atoms with Crippen molar-refractivity contribution < 1.29 is 4.79 Å². The maximum absolute atomic E-state index is 11.0. The average molecular weight is 281 g/mol. The number of rotatable bonds is 2. The molecule has 1 N–H and O–H groups in total. The number of amides is 1. The van der Waals surface area contributed by atoms with E-state index in [1.165, 1.54) is 25.7 Å². The minimum Gasteiger partial charge on any atom is -0.353 e. The minimum absolute atomic E-state index is 0.190. The predicted octanol–water partition coefficient (Wildman–Crippen LogP) is 2.12. The molecule has 0 radical (unpaired) electrons. The van der Waals surface area contributed by atoms with E-state index >= 15 is 0 Å². The Labute approximate surface area is 87.6 Å². The van der Waals surface area contributed by atoms with Crippen molar-refractivity contribution in [2.45, 2.75) is 38.6 Å². The summed E-state index contributed by atoms with van der Waals surface area (Å²) in [6.45, 7) is 2.29. The molecule has 0 atom stereocenters. The fraction of sp³-hybridized carbons (Fsp3) is 0.889. The lowest BCUT2D eigenvalue weighted by atomic mass is 9.87. The second-order valence-corrected chi connectivity index (χ2v) is 4.42. The smallest absolute Gasteiger partial charge is 0.230 e. The molecular weight excluding hydrogens is 265 g/mol. The molecule has 0 aliphatic heterocycles. The van der Waals surface area contributed by atoms with Gasteiger partial charge in [-0.05, 0) is 31.6 Å². The molecule has 0 aromatic carbocycles. The van der Waals surface area contributed by atoms with Crippen molar-refractivity contribution in [2.75, 3.05) is 4.43 Å². The molecule has 1 saturated carbocycles. The summed E-state index contributed by atoms with van der Waals surface area (Å²) in [5.41, 5.74) is 0. The van der Waals surface area contributed by atoms with Crippen molar-refractivity contribution in [3.8, 4) is 0 Å². The van der Waals surface area contributed by atoms with Crippen LogP contribution in [-0.4, -0.2) is 16.4 Å². The Morgan fingerprint density at radius 3 is 2.50 bits per heavy atom. The molecule has 2 nitrogen and oxygen atoms in total. The zero-order chi connectivity index (χ0) is 8.97. The van der Waals surface area contributed by atoms with Gasteiger partial charge < -0.3 is 5.32 Å². The Hall–Kier alpha value is 0.200. The summed E-state index contributed by atoms with van der Waals surface area (Å²) in [7, 11) is 0. The van der Waals surface area contributed by atoms with Crippen LogP contribution in [0.2, 0.25) is 0 Å². The second-order valence-electron chi connectivity index (χ2n) is 3.66. The van der Waals surface area contributed by atoms with Gasteiger partial charge in [-0.25, -0.2) is 0 Å². The van der Waals surface area contributed by atoms with Gasteiger partial charge in [-0.1, -0.05) is 29.5 Å². The molecule has 0 heterocycles. The van der Waals surface area contributed by atoms with Gasteiger partial charge in [0.15, 0.2) is 0 Å². The molecular formula is C9H16INO. The monoisotopic (exact) mass is 281 g/mol. The van der Waals surface area contributed by atoms with Gasteiger partial charge in [0, 0.05) is 6.04 Å². The average Bonchev–Trinajstić information content (AvgIpc) is 2.09. The van der Waals surface area contributed by atoms with E-state index in [1.54, 1.807) is 0 Å². The van der Waals surface area contributed by atoms with Crippen LogP contribution >= 0.6 is 22.6 Å². The van der Waals surface area contributed by atoms with Crippen molar-refractivity contribution in [2.24, 2.45) is 5.92 Å². The van der Waals surface area contributed by atoms with Crippen LogP contribution in [0.3, 0.4) is 0 Å². The Bertz CT molecular complexity index is 153. The summed E-state index contributed by atoms with van der Waals surface area (Å²) in [5, 5.41) is 3.04. The van der Waals surface area contributed by atoms with Gasteiger partial charge in [0.2, 0.25) is 5.91 Å². The number of alkyl halides is 1. The molecule has 1 fully saturated rings. The number of carbonyl (C=O) groups excluding carboxylic acids is 1. The van der Waals surface area contributed by atoms with Crippen molar-refractivity contribution in [1.29, 1.82) is 0 Å². The molecule has 1 amide bonds. The molecule has 1 aliphatic carbocycles. The van der Waals surface area contributed by atoms with Gasteiger partial charge in [0.25, 0.3) is 0 Å². The van der Waals surface area contributed by atoms with Crippen LogP contribution in [0.4, 0.5) is 0 Å². The summed E-state index contributed by atoms with van der Waals surface area (Å²) in [5.74, 6) is 1.05. The van der Waals surface area contributed by atoms with E-state index in [1.807, 2.05) is 0 Å². The number of halogens is 1. The molecule has 0 unspecified atom stereocenters. The molecule has 12 heavy (non-hydrogen) atoms. The van der Waals surface area contributed by atoms with Gasteiger partial charge >= 0.3 is 0 Å². The second kappa shape index (κ2) is 5.04. The van der Waals surface area contributed by atoms with Crippen molar-refractivity contribution in [3.63, 3.8) is 0 Å². The first-order valence-electron chi connectivity index (χ1n) is 4.57. The van der Waals surface area contributed by atoms with Crippen LogP contribution in [0.25, 0.3) is 0 Å². The number of hydrogen-bond donors (Lipinski definition) is 1. The fourth-order valence-electron chi connectivity index (χ4n) is 1.67. The van der Waals surface area contributed by atoms with E-state index in [-0.39, 0.29) is 5.91 Å². The van der Waals surface area contributed by atoms with Crippen LogP contribution in [0, 0.1) is 5.92 Å². The first kappa shape index (κ1) is 10.3. The summed E-state index contributed by atoms with van der Waals surface area (Å²) in [4.78, 5) is 11.0. The lowest BCUT2D eigenvalue weighted by Crippen LogP contribution is -2.37. The van der Waals surface area contributed by atoms with E-state index in [4.69, 9.17) is 0 Å². The van der Waals surface area contributed by atoms with E-state index < -0.39 is 0 Å². The van der Waals surface area contributed by atoms with Crippen LogP contribution in [0.5, 0.6) is 0 Å². The number of nitrogens with one attached hydrogen (secondary N) is 1. The highest BCUT2D eigenvalue weighted by molar-refractivity contribution is 14.1. The van der Waals surface area contributed by atoms with E-state index in [0.29, 0.717) is 10.5 Å². The van der Waals surface area contributed by atoms with Gasteiger partial charge in [-0.3, -0.25) is 4.79 Å². The van der Waals surface area contributed by atoms with Gasteiger partial charge in [-0.2, -0.15) is 0 Å². The fourth-order valence-corrected chi connectivity index (χ4v) is 1.89. The Kier molecular flexibility index (Phi) is 4.32. The maximum Gasteiger partial charge on any atom is 0.230 e. The number of hydrogen-bond acceptors (Lipinski definition) is 1. The van der Waals surface area contributed by atoms with Crippen molar-refractivity contribution in [3.05, 3.63) is 0 Å². The Morgan fingerprint density at radius 1 is 1.42 bits per heavy atom. The quantitative estimate of drug-likeness (QED) is 0.609. The molecule has 0 bridgehead atoms. The molecule has 0 aromatic rings. The SMILES string of the molecule is CC1CCC(NC(=O)CI)CC1. The summed E-state index contributed by atoms with van der Waals surface area (Å²) < 4.78 is 0.587. The largest absolute Gasteiger partial charge is 0.353 e. The lowest BCUT2D eigenvalue weighted by molar-refractivity contribution is -0.119. The molecule has 70 valence electrons. The van der Waals surface area contributed by atoms with Gasteiger partial charge in [-0.15, -0.1) is 0 Å². The van der Waals surface area contributed by atoms with Gasteiger partial charge in [0.05, 0.1) is 4.43 Å². The zero-order valence-electron chi connectivity index (χ0n) is 7.48. The van der Waals surface area contributed by atoms with Crippen LogP contribution in [0.1, 0.15) is 32.6 Å². The van der Waals surface area contributed by atoms with E-state index in [0.717, 1.165) is 5.92 Å². The number of carbonyl (C=O) groups is 1. The molecule has 0 spiro atoms. The van der Waals surface area contributed by atoms with Crippen molar-refractivity contribution >= 4 is 28.5 Å². The third kappa shape index (κ3) is 3.29. The van der Waals surface area contributed by atoms with Gasteiger partial charge in [0.1, 0.15) is 0 Å². The molecule has 1 rings (SSSR count). The predicted molar refractivity (Wildman–Crippen MR) is 58.4 cm³/mol. The summed E-state index contributed by atoms with van der Waals surface area (Å²) in [6, 6.07) is 0.462. The van der Waals surface area contributed by atoms with Crippen LogP contribution in [0.15, 0.2) is 0 Å². The topological polar surface area (TPSA) is 29.1 Å². The highest BCUT2D eigenvalue weighted by Gasteiger charge is 2.18. The molecule has 0 saturated heterocycles. The standard InChI is InChI=1S/C9H16INO/c1-7-2-4-8(5-3-7)11-9(12)6-10/h7-8H,2-6H2,1H3,(H,11,12). The highest BCUT2D eigenvalue weighted by Crippen LogP contribution is 2.23. The third-order valence-corrected chi connectivity index (χ3v) is 3.20. The normalized spacial score (nSPS) is 29.8. The highest BCUT2D eigenvalue weighted by atomic mass is 127. The molecule has 3 heteroatoms. The Balaban J connectivity index is 2.21. The lowest BCUT2D eigenvalue weighted by Gasteiger charge is -2.26. The minimum atomic E-state index is 0.190. The Morgan fingerprint density at radius 2 is 2.00 bits per heavy atom. The maximum atomic E-state index is 11.0. The van der Waals surface area contributed by atoms with Crippen LogP contribution in [-0.2, 0) is 4.79 Å². The first-order chi connectivity index (χ1) is 5.72. The zero-order valence-corrected chi connectivity index (χ0v) is 9.63. The third-order valence-electron chi connectivity index (χ3n) is 2.50.